The van der Waals surface area contributed by atoms with E-state index in [1.807, 2.05) is 24.3 Å². The Labute approximate surface area is 161 Å². The van der Waals surface area contributed by atoms with Crippen molar-refractivity contribution in [2.24, 2.45) is 5.73 Å². The van der Waals surface area contributed by atoms with Crippen molar-refractivity contribution in [1.29, 1.82) is 0 Å². The Balaban J connectivity index is 2.07. The van der Waals surface area contributed by atoms with E-state index in [9.17, 15) is 9.90 Å². The molecular weight excluding hydrogens is 524 g/mol. The van der Waals surface area contributed by atoms with E-state index in [1.54, 1.807) is 12.1 Å². The molecule has 0 saturated carbocycles. The van der Waals surface area contributed by atoms with E-state index in [4.69, 9.17) is 10.5 Å². The number of hydrogen-bond donors (Lipinski definition) is 2. The van der Waals surface area contributed by atoms with Gasteiger partial charge >= 0.3 is 5.97 Å². The van der Waals surface area contributed by atoms with E-state index in [-0.39, 0.29) is 5.75 Å². The molecule has 122 valence electrons. The fraction of sp³-hybridized carbons (Fsp3) is 0.188. The van der Waals surface area contributed by atoms with Gasteiger partial charge in [0.15, 0.2) is 0 Å². The molecule has 1 atom stereocenters. The molecular formula is C16H15I2NO4. The smallest absolute Gasteiger partial charge is 0.322 e. The minimum absolute atomic E-state index is 0.255. The van der Waals surface area contributed by atoms with Crippen LogP contribution >= 0.6 is 45.2 Å². The predicted molar refractivity (Wildman–Crippen MR) is 104 cm³/mol. The van der Waals surface area contributed by atoms with Crippen LogP contribution in [0.1, 0.15) is 5.56 Å². The molecule has 0 aliphatic carbocycles. The zero-order chi connectivity index (χ0) is 17.0. The van der Waals surface area contributed by atoms with Gasteiger partial charge in [0.25, 0.3) is 0 Å². The van der Waals surface area contributed by atoms with Gasteiger partial charge in [-0.15, -0.1) is 0 Å². The average molecular weight is 539 g/mol. The quantitative estimate of drug-likeness (QED) is 0.450. The summed E-state index contributed by atoms with van der Waals surface area (Å²) in [6.45, 7) is 0. The minimum Gasteiger partial charge on any atom is -0.506 e. The molecule has 0 fully saturated rings. The third-order valence-corrected chi connectivity index (χ3v) is 4.75. The number of esters is 1. The van der Waals surface area contributed by atoms with Crippen LogP contribution in [0.2, 0.25) is 0 Å². The molecule has 2 aromatic rings. The largest absolute Gasteiger partial charge is 0.506 e. The Kier molecular flexibility index (Phi) is 6.48. The molecule has 0 spiro atoms. The molecule has 0 bridgehead atoms. The molecule has 5 nitrogen and oxygen atoms in total. The van der Waals surface area contributed by atoms with Crippen LogP contribution in [-0.4, -0.2) is 24.2 Å². The molecule has 0 saturated heterocycles. The number of phenolic OH excluding ortho intramolecular Hbond substituents is 1. The average Bonchev–Trinajstić information content (AvgIpc) is 2.53. The second-order valence-corrected chi connectivity index (χ2v) is 7.14. The maximum absolute atomic E-state index is 11.3. The molecule has 2 aromatic carbocycles. The lowest BCUT2D eigenvalue weighted by Crippen LogP contribution is -2.33. The summed E-state index contributed by atoms with van der Waals surface area (Å²) in [4.78, 5) is 11.3. The number of ether oxygens (including phenoxy) is 2. The fourth-order valence-electron chi connectivity index (χ4n) is 1.92. The highest BCUT2D eigenvalue weighted by Gasteiger charge is 2.14. The minimum atomic E-state index is -0.674. The molecule has 3 N–H and O–H groups in total. The third-order valence-electron chi connectivity index (χ3n) is 3.11. The number of nitrogens with two attached hydrogens (primary N) is 1. The first-order valence-electron chi connectivity index (χ1n) is 6.69. The highest BCUT2D eigenvalue weighted by Crippen LogP contribution is 2.32. The summed E-state index contributed by atoms with van der Waals surface area (Å²) in [5, 5.41) is 9.76. The first-order valence-corrected chi connectivity index (χ1v) is 8.84. The first kappa shape index (κ1) is 18.3. The topological polar surface area (TPSA) is 81.8 Å². The van der Waals surface area contributed by atoms with Crippen LogP contribution < -0.4 is 10.5 Å². The van der Waals surface area contributed by atoms with Crippen LogP contribution in [0.5, 0.6) is 17.2 Å². The molecule has 23 heavy (non-hydrogen) atoms. The molecule has 0 amide bonds. The Bertz CT molecular complexity index is 681. The van der Waals surface area contributed by atoms with Crippen molar-refractivity contribution in [3.8, 4) is 17.2 Å². The van der Waals surface area contributed by atoms with Gasteiger partial charge in [-0.1, -0.05) is 12.1 Å². The van der Waals surface area contributed by atoms with Crippen LogP contribution in [0.4, 0.5) is 0 Å². The lowest BCUT2D eigenvalue weighted by atomic mass is 10.1. The van der Waals surface area contributed by atoms with Gasteiger partial charge in [0.2, 0.25) is 0 Å². The number of carbonyl (C=O) groups is 1. The van der Waals surface area contributed by atoms with Crippen molar-refractivity contribution in [2.75, 3.05) is 7.11 Å². The lowest BCUT2D eigenvalue weighted by molar-refractivity contribution is -0.142. The Morgan fingerprint density at radius 3 is 2.26 bits per heavy atom. The molecule has 0 heterocycles. The third kappa shape index (κ3) is 4.95. The summed E-state index contributed by atoms with van der Waals surface area (Å²) in [5.74, 6) is 1.14. The number of phenols is 1. The standard InChI is InChI=1S/C16H15I2NO4/c1-22-16(21)14(19)6-9-2-4-10(5-3-9)23-11-7-12(17)15(20)13(18)8-11/h2-5,7-8,14,20H,6,19H2,1H3. The second kappa shape index (κ2) is 8.15. The SMILES string of the molecule is COC(=O)C(N)Cc1ccc(Oc2cc(I)c(O)c(I)c2)cc1. The van der Waals surface area contributed by atoms with E-state index in [2.05, 4.69) is 49.9 Å². The van der Waals surface area contributed by atoms with Crippen LogP contribution in [-0.2, 0) is 16.0 Å². The molecule has 0 aromatic heterocycles. The first-order chi connectivity index (χ1) is 10.9. The van der Waals surface area contributed by atoms with Gasteiger partial charge in [0.1, 0.15) is 23.3 Å². The lowest BCUT2D eigenvalue weighted by Gasteiger charge is -2.11. The van der Waals surface area contributed by atoms with Crippen LogP contribution in [0, 0.1) is 7.14 Å². The molecule has 0 aliphatic heterocycles. The van der Waals surface area contributed by atoms with Crippen molar-refractivity contribution >= 4 is 51.2 Å². The van der Waals surface area contributed by atoms with E-state index >= 15 is 0 Å². The monoisotopic (exact) mass is 539 g/mol. The van der Waals surface area contributed by atoms with Gasteiger partial charge in [-0.2, -0.15) is 0 Å². The highest BCUT2D eigenvalue weighted by molar-refractivity contribution is 14.1. The second-order valence-electron chi connectivity index (χ2n) is 4.82. The number of carbonyl (C=O) groups excluding carboxylic acids is 1. The Morgan fingerprint density at radius 1 is 1.17 bits per heavy atom. The number of hydrogen-bond acceptors (Lipinski definition) is 5. The van der Waals surface area contributed by atoms with E-state index in [0.717, 1.165) is 12.7 Å². The van der Waals surface area contributed by atoms with Crippen molar-refractivity contribution in [3.05, 3.63) is 49.1 Å². The summed E-state index contributed by atoms with van der Waals surface area (Å²) in [7, 11) is 1.32. The summed E-state index contributed by atoms with van der Waals surface area (Å²) < 4.78 is 11.8. The van der Waals surface area contributed by atoms with Crippen molar-refractivity contribution in [1.82, 2.24) is 0 Å². The molecule has 1 unspecified atom stereocenters. The summed E-state index contributed by atoms with van der Waals surface area (Å²) >= 11 is 4.11. The number of benzene rings is 2. The molecule has 0 radical (unpaired) electrons. The van der Waals surface area contributed by atoms with Gasteiger partial charge in [-0.25, -0.2) is 0 Å². The number of aromatic hydroxyl groups is 1. The van der Waals surface area contributed by atoms with Crippen molar-refractivity contribution in [3.63, 3.8) is 0 Å². The molecule has 7 heteroatoms. The van der Waals surface area contributed by atoms with Gasteiger partial charge in [0.05, 0.1) is 14.3 Å². The normalized spacial score (nSPS) is 11.8. The number of halogens is 2. The predicted octanol–water partition coefficient (Wildman–Crippen LogP) is 3.44. The van der Waals surface area contributed by atoms with Crippen LogP contribution in [0.15, 0.2) is 36.4 Å². The highest BCUT2D eigenvalue weighted by atomic mass is 127. The molecule has 0 aliphatic rings. The van der Waals surface area contributed by atoms with Crippen molar-refractivity contribution in [2.45, 2.75) is 12.5 Å². The summed E-state index contributed by atoms with van der Waals surface area (Å²) in [6.07, 6.45) is 0.405. The van der Waals surface area contributed by atoms with Gasteiger partial charge in [-0.3, -0.25) is 4.79 Å². The number of rotatable bonds is 5. The van der Waals surface area contributed by atoms with Crippen molar-refractivity contribution < 1.29 is 19.4 Å². The summed E-state index contributed by atoms with van der Waals surface area (Å²) in [6, 6.07) is 10.2. The summed E-state index contributed by atoms with van der Waals surface area (Å²) in [5.41, 5.74) is 6.66. The van der Waals surface area contributed by atoms with Gasteiger partial charge in [0, 0.05) is 0 Å². The van der Waals surface area contributed by atoms with Crippen LogP contribution in [0.3, 0.4) is 0 Å². The Hall–Kier alpha value is -1.07. The van der Waals surface area contributed by atoms with Gasteiger partial charge in [-0.05, 0) is 81.4 Å². The van der Waals surface area contributed by atoms with E-state index < -0.39 is 12.0 Å². The maximum atomic E-state index is 11.3. The zero-order valence-electron chi connectivity index (χ0n) is 12.3. The van der Waals surface area contributed by atoms with Crippen LogP contribution in [0.25, 0.3) is 0 Å². The van der Waals surface area contributed by atoms with Gasteiger partial charge < -0.3 is 20.3 Å². The van der Waals surface area contributed by atoms with E-state index in [0.29, 0.717) is 17.9 Å². The number of methoxy groups -OCH3 is 1. The molecule has 2 rings (SSSR count). The fourth-order valence-corrected chi connectivity index (χ4v) is 3.63. The maximum Gasteiger partial charge on any atom is 0.322 e. The van der Waals surface area contributed by atoms with E-state index in [1.165, 1.54) is 7.11 Å². The zero-order valence-corrected chi connectivity index (χ0v) is 16.6. The Morgan fingerprint density at radius 2 is 1.74 bits per heavy atom.